The van der Waals surface area contributed by atoms with Crippen molar-refractivity contribution in [2.45, 2.75) is 31.9 Å². The van der Waals surface area contributed by atoms with E-state index >= 15 is 0 Å². The maximum atomic E-state index is 11.8. The largest absolute Gasteiger partial charge is 0.466 e. The second-order valence-corrected chi connectivity index (χ2v) is 6.84. The van der Waals surface area contributed by atoms with Crippen LogP contribution >= 0.6 is 0 Å². The maximum Gasteiger partial charge on any atom is 0.333 e. The highest BCUT2D eigenvalue weighted by atomic mass is 32.2. The van der Waals surface area contributed by atoms with Crippen molar-refractivity contribution in [1.82, 2.24) is 4.31 Å². The number of amides is 1. The summed E-state index contributed by atoms with van der Waals surface area (Å²) in [5, 5.41) is 0. The third-order valence-corrected chi connectivity index (χ3v) is 5.37. The lowest BCUT2D eigenvalue weighted by atomic mass is 10.1. The fourth-order valence-corrected chi connectivity index (χ4v) is 3.10. The lowest BCUT2D eigenvalue weighted by Crippen LogP contribution is -2.67. The molecule has 1 aliphatic rings. The van der Waals surface area contributed by atoms with Crippen molar-refractivity contribution in [3.63, 3.8) is 0 Å². The topological polar surface area (TPSA) is 80.8 Å². The van der Waals surface area contributed by atoms with E-state index in [0.29, 0.717) is 12.0 Å². The third-order valence-electron chi connectivity index (χ3n) is 3.01. The molecule has 102 valence electrons. The van der Waals surface area contributed by atoms with Crippen molar-refractivity contribution in [1.29, 1.82) is 0 Å². The minimum Gasteiger partial charge on any atom is -0.466 e. The molecule has 18 heavy (non-hydrogen) atoms. The summed E-state index contributed by atoms with van der Waals surface area (Å²) in [5.74, 6) is -0.971. The molecule has 1 amide bonds. The molecule has 1 aliphatic heterocycles. The Balaban J connectivity index is 2.86. The smallest absolute Gasteiger partial charge is 0.333 e. The average molecular weight is 275 g/mol. The molecule has 6 nitrogen and oxygen atoms in total. The van der Waals surface area contributed by atoms with Gasteiger partial charge in [0.15, 0.2) is 4.75 Å². The van der Waals surface area contributed by atoms with E-state index in [0.717, 1.165) is 4.31 Å². The summed E-state index contributed by atoms with van der Waals surface area (Å²) in [7, 11) is -2.35. The van der Waals surface area contributed by atoms with Crippen LogP contribution in [-0.2, 0) is 24.3 Å². The summed E-state index contributed by atoms with van der Waals surface area (Å²) in [4.78, 5) is 22.9. The molecule has 0 N–H and O–H groups in total. The number of esters is 1. The molecule has 0 unspecified atom stereocenters. The second-order valence-electron chi connectivity index (χ2n) is 4.43. The molecule has 0 aromatic carbocycles. The molecule has 1 saturated heterocycles. The minimum atomic E-state index is -3.60. The summed E-state index contributed by atoms with van der Waals surface area (Å²) >= 11 is 0. The van der Waals surface area contributed by atoms with Crippen molar-refractivity contribution in [2.75, 3.05) is 13.7 Å². The Morgan fingerprint density at radius 2 is 2.00 bits per heavy atom. The highest BCUT2D eigenvalue weighted by molar-refractivity contribution is 7.94. The average Bonchev–Trinajstić information content (AvgIpc) is 2.32. The number of sulfonamides is 1. The highest BCUT2D eigenvalue weighted by Crippen LogP contribution is 2.34. The van der Waals surface area contributed by atoms with Gasteiger partial charge in [0.2, 0.25) is 0 Å². The molecule has 0 radical (unpaired) electrons. The standard InChI is InChI=1S/C11H17NO5S/c1-5-8(9(13)17-4)6-7-12-10(14)11(2,3)18(12,15)16/h6H,5,7H2,1-4H3. The van der Waals surface area contributed by atoms with Gasteiger partial charge in [-0.3, -0.25) is 4.79 Å². The van der Waals surface area contributed by atoms with Crippen molar-refractivity contribution >= 4 is 21.9 Å². The number of carbonyl (C=O) groups is 2. The van der Waals surface area contributed by atoms with Gasteiger partial charge in [-0.2, -0.15) is 0 Å². The molecule has 7 heteroatoms. The van der Waals surface area contributed by atoms with E-state index in [1.165, 1.54) is 27.0 Å². The number of ether oxygens (including phenoxy) is 1. The van der Waals surface area contributed by atoms with Crippen LogP contribution in [0.2, 0.25) is 0 Å². The zero-order valence-corrected chi connectivity index (χ0v) is 11.7. The quantitative estimate of drug-likeness (QED) is 0.549. The monoisotopic (exact) mass is 275 g/mol. The van der Waals surface area contributed by atoms with Crippen LogP contribution in [-0.4, -0.2) is 43.0 Å². The molecule has 0 aliphatic carbocycles. The molecule has 0 aromatic rings. The number of nitrogens with zero attached hydrogens (tertiary/aromatic N) is 1. The summed E-state index contributed by atoms with van der Waals surface area (Å²) in [6.45, 7) is 4.36. The van der Waals surface area contributed by atoms with Crippen molar-refractivity contribution < 1.29 is 22.7 Å². The van der Waals surface area contributed by atoms with Crippen LogP contribution in [0.3, 0.4) is 0 Å². The van der Waals surface area contributed by atoms with Gasteiger partial charge in [0.1, 0.15) is 0 Å². The molecule has 0 saturated carbocycles. The number of carbonyl (C=O) groups excluding carboxylic acids is 2. The molecule has 0 aromatic heterocycles. The summed E-state index contributed by atoms with van der Waals surface area (Å²) < 4.78 is 27.5. The van der Waals surface area contributed by atoms with Gasteiger partial charge in [0.25, 0.3) is 15.9 Å². The second kappa shape index (κ2) is 4.72. The number of methoxy groups -OCH3 is 1. The molecule has 0 atom stereocenters. The summed E-state index contributed by atoms with van der Waals surface area (Å²) in [6, 6.07) is 0. The minimum absolute atomic E-state index is 0.122. The number of hydrogen-bond acceptors (Lipinski definition) is 5. The van der Waals surface area contributed by atoms with Crippen LogP contribution < -0.4 is 0 Å². The molecule has 1 rings (SSSR count). The normalized spacial score (nSPS) is 21.4. The molecule has 1 fully saturated rings. The van der Waals surface area contributed by atoms with Crippen LogP contribution in [0.4, 0.5) is 0 Å². The maximum absolute atomic E-state index is 11.8. The molecular formula is C11H17NO5S. The van der Waals surface area contributed by atoms with Crippen molar-refractivity contribution in [3.05, 3.63) is 11.6 Å². The lowest BCUT2D eigenvalue weighted by Gasteiger charge is -2.42. The third kappa shape index (κ3) is 2.03. The zero-order valence-electron chi connectivity index (χ0n) is 10.9. The summed E-state index contributed by atoms with van der Waals surface area (Å²) in [6.07, 6.45) is 1.83. The van der Waals surface area contributed by atoms with Gasteiger partial charge in [-0.15, -0.1) is 0 Å². The van der Waals surface area contributed by atoms with Gasteiger partial charge in [-0.25, -0.2) is 17.5 Å². The first-order valence-corrected chi connectivity index (χ1v) is 6.98. The van der Waals surface area contributed by atoms with E-state index in [2.05, 4.69) is 4.74 Å². The molecule has 0 bridgehead atoms. The fraction of sp³-hybridized carbons (Fsp3) is 0.636. The molecule has 1 heterocycles. The van der Waals surface area contributed by atoms with Crippen LogP contribution in [0.15, 0.2) is 11.6 Å². The van der Waals surface area contributed by atoms with Crippen molar-refractivity contribution in [2.24, 2.45) is 0 Å². The SMILES string of the molecule is CCC(=CCN1C(=O)C(C)(C)S1(=O)=O)C(=O)OC. The van der Waals surface area contributed by atoms with Gasteiger partial charge >= 0.3 is 5.97 Å². The highest BCUT2D eigenvalue weighted by Gasteiger charge is 2.59. The predicted molar refractivity (Wildman–Crippen MR) is 65.1 cm³/mol. The Bertz CT molecular complexity index is 504. The van der Waals surface area contributed by atoms with Gasteiger partial charge < -0.3 is 4.74 Å². The predicted octanol–water partition coefficient (Wildman–Crippen LogP) is 0.446. The lowest BCUT2D eigenvalue weighted by molar-refractivity contribution is -0.136. The Morgan fingerprint density at radius 1 is 1.44 bits per heavy atom. The first kappa shape index (κ1) is 14.7. The Morgan fingerprint density at radius 3 is 2.39 bits per heavy atom. The van der Waals surface area contributed by atoms with Crippen LogP contribution in [0, 0.1) is 0 Å². The Kier molecular flexibility index (Phi) is 3.85. The Hall–Kier alpha value is -1.37. The van der Waals surface area contributed by atoms with Crippen LogP contribution in [0.1, 0.15) is 27.2 Å². The summed E-state index contributed by atoms with van der Waals surface area (Å²) in [5.41, 5.74) is 0.352. The Labute approximate surface area is 107 Å². The zero-order chi connectivity index (χ0) is 14.1. The van der Waals surface area contributed by atoms with E-state index in [1.807, 2.05) is 0 Å². The van der Waals surface area contributed by atoms with Crippen LogP contribution in [0.5, 0.6) is 0 Å². The van der Waals surface area contributed by atoms with E-state index in [1.54, 1.807) is 6.92 Å². The van der Waals surface area contributed by atoms with Crippen LogP contribution in [0.25, 0.3) is 0 Å². The van der Waals surface area contributed by atoms with E-state index < -0.39 is 26.6 Å². The van der Waals surface area contributed by atoms with Gasteiger partial charge in [0.05, 0.1) is 13.7 Å². The van der Waals surface area contributed by atoms with E-state index in [9.17, 15) is 18.0 Å². The van der Waals surface area contributed by atoms with Gasteiger partial charge in [-0.1, -0.05) is 13.0 Å². The van der Waals surface area contributed by atoms with Gasteiger partial charge in [-0.05, 0) is 20.3 Å². The van der Waals surface area contributed by atoms with Gasteiger partial charge in [0, 0.05) is 5.57 Å². The van der Waals surface area contributed by atoms with Crippen molar-refractivity contribution in [3.8, 4) is 0 Å². The molecular weight excluding hydrogens is 258 g/mol. The number of hydrogen-bond donors (Lipinski definition) is 0. The first-order chi connectivity index (χ1) is 8.20. The number of rotatable bonds is 4. The van der Waals surface area contributed by atoms with E-state index in [4.69, 9.17) is 0 Å². The van der Waals surface area contributed by atoms with E-state index in [-0.39, 0.29) is 6.54 Å². The fourth-order valence-electron chi connectivity index (χ4n) is 1.63. The first-order valence-electron chi connectivity index (χ1n) is 5.54. The molecule has 0 spiro atoms.